The maximum Gasteiger partial charge on any atom is 0.226 e. The topological polar surface area (TPSA) is 80.5 Å². The van der Waals surface area contributed by atoms with Gasteiger partial charge in [0.1, 0.15) is 0 Å². The highest BCUT2D eigenvalue weighted by atomic mass is 16.5. The summed E-state index contributed by atoms with van der Waals surface area (Å²) in [5.41, 5.74) is 2.39. The SMILES string of the molecule is CCc1noc(CCCC(=O)NCc2cccc(CN3CCOCC3)c2)n1. The van der Waals surface area contributed by atoms with Gasteiger partial charge in [0.15, 0.2) is 5.82 Å². The summed E-state index contributed by atoms with van der Waals surface area (Å²) in [6.07, 6.45) is 2.55. The summed E-state index contributed by atoms with van der Waals surface area (Å²) in [5, 5.41) is 6.85. The van der Waals surface area contributed by atoms with Gasteiger partial charge in [0.05, 0.1) is 13.2 Å². The summed E-state index contributed by atoms with van der Waals surface area (Å²) in [5.74, 6) is 1.37. The average Bonchev–Trinajstić information content (AvgIpc) is 3.15. The summed E-state index contributed by atoms with van der Waals surface area (Å²) in [6.45, 7) is 7.02. The van der Waals surface area contributed by atoms with Crippen LogP contribution in [0.2, 0.25) is 0 Å². The van der Waals surface area contributed by atoms with Gasteiger partial charge in [-0.1, -0.05) is 36.3 Å². The molecule has 3 rings (SSSR count). The smallest absolute Gasteiger partial charge is 0.226 e. The predicted octanol–water partition coefficient (Wildman–Crippen LogP) is 2.10. The number of morpholine rings is 1. The van der Waals surface area contributed by atoms with Gasteiger partial charge in [-0.3, -0.25) is 9.69 Å². The van der Waals surface area contributed by atoms with E-state index < -0.39 is 0 Å². The molecule has 0 unspecified atom stereocenters. The molecular formula is C20H28N4O3. The molecule has 7 nitrogen and oxygen atoms in total. The fraction of sp³-hybridized carbons (Fsp3) is 0.550. The second-order valence-corrected chi connectivity index (χ2v) is 6.80. The van der Waals surface area contributed by atoms with Crippen LogP contribution in [0.3, 0.4) is 0 Å². The molecule has 7 heteroatoms. The molecule has 1 aliphatic heterocycles. The number of hydrogen-bond acceptors (Lipinski definition) is 6. The number of nitrogens with one attached hydrogen (secondary N) is 1. The second kappa shape index (κ2) is 10.2. The van der Waals surface area contributed by atoms with Crippen LogP contribution in [0.1, 0.15) is 42.6 Å². The molecule has 2 heterocycles. The number of nitrogens with zero attached hydrogens (tertiary/aromatic N) is 3. The molecule has 0 atom stereocenters. The minimum atomic E-state index is 0.0452. The van der Waals surface area contributed by atoms with E-state index in [2.05, 4.69) is 38.6 Å². The Labute approximate surface area is 160 Å². The minimum Gasteiger partial charge on any atom is -0.379 e. The minimum absolute atomic E-state index is 0.0452. The molecule has 1 aromatic carbocycles. The lowest BCUT2D eigenvalue weighted by Crippen LogP contribution is -2.35. The highest BCUT2D eigenvalue weighted by Gasteiger charge is 2.11. The Balaban J connectivity index is 1.38. The lowest BCUT2D eigenvalue weighted by atomic mass is 10.1. The highest BCUT2D eigenvalue weighted by Crippen LogP contribution is 2.10. The lowest BCUT2D eigenvalue weighted by molar-refractivity contribution is -0.121. The molecule has 0 saturated carbocycles. The molecule has 27 heavy (non-hydrogen) atoms. The zero-order valence-corrected chi connectivity index (χ0v) is 15.9. The van der Waals surface area contributed by atoms with Crippen molar-refractivity contribution in [3.8, 4) is 0 Å². The van der Waals surface area contributed by atoms with Crippen LogP contribution in [-0.4, -0.2) is 47.3 Å². The average molecular weight is 372 g/mol. The fourth-order valence-electron chi connectivity index (χ4n) is 3.08. The van der Waals surface area contributed by atoms with E-state index in [1.165, 1.54) is 5.56 Å². The Kier molecular flexibility index (Phi) is 7.36. The van der Waals surface area contributed by atoms with Crippen LogP contribution in [-0.2, 0) is 35.5 Å². The van der Waals surface area contributed by atoms with Gasteiger partial charge >= 0.3 is 0 Å². The first-order chi connectivity index (χ1) is 13.2. The summed E-state index contributed by atoms with van der Waals surface area (Å²) in [4.78, 5) is 18.7. The van der Waals surface area contributed by atoms with E-state index in [-0.39, 0.29) is 5.91 Å². The van der Waals surface area contributed by atoms with Crippen LogP contribution in [0.5, 0.6) is 0 Å². The second-order valence-electron chi connectivity index (χ2n) is 6.80. The third-order valence-electron chi connectivity index (χ3n) is 4.61. The van der Waals surface area contributed by atoms with Crippen LogP contribution < -0.4 is 5.32 Å². The van der Waals surface area contributed by atoms with Gasteiger partial charge in [-0.2, -0.15) is 4.98 Å². The van der Waals surface area contributed by atoms with Crippen LogP contribution >= 0.6 is 0 Å². The van der Waals surface area contributed by atoms with Crippen LogP contribution in [0.15, 0.2) is 28.8 Å². The third-order valence-corrected chi connectivity index (χ3v) is 4.61. The summed E-state index contributed by atoms with van der Waals surface area (Å²) < 4.78 is 10.5. The van der Waals surface area contributed by atoms with Crippen LogP contribution in [0.4, 0.5) is 0 Å². The lowest BCUT2D eigenvalue weighted by Gasteiger charge is -2.26. The molecule has 1 fully saturated rings. The summed E-state index contributed by atoms with van der Waals surface area (Å²) in [7, 11) is 0. The number of carbonyl (C=O) groups excluding carboxylic acids is 1. The molecule has 0 spiro atoms. The molecule has 1 saturated heterocycles. The Morgan fingerprint density at radius 3 is 2.85 bits per heavy atom. The van der Waals surface area contributed by atoms with Crippen molar-refractivity contribution < 1.29 is 14.1 Å². The number of aryl methyl sites for hydroxylation is 2. The van der Waals surface area contributed by atoms with E-state index in [1.807, 2.05) is 13.0 Å². The highest BCUT2D eigenvalue weighted by molar-refractivity contribution is 5.75. The standard InChI is InChI=1S/C20H28N4O3/c1-2-18-22-20(27-23-18)8-4-7-19(25)21-14-16-5-3-6-17(13-16)15-24-9-11-26-12-10-24/h3,5-6,13H,2,4,7-12,14-15H2,1H3,(H,21,25). The largest absolute Gasteiger partial charge is 0.379 e. The predicted molar refractivity (Wildman–Crippen MR) is 101 cm³/mol. The Morgan fingerprint density at radius 2 is 2.07 bits per heavy atom. The third kappa shape index (κ3) is 6.45. The van der Waals surface area contributed by atoms with Gasteiger partial charge in [0.2, 0.25) is 11.8 Å². The molecule has 2 aromatic rings. The summed E-state index contributed by atoms with van der Waals surface area (Å²) in [6, 6.07) is 8.40. The molecule has 0 radical (unpaired) electrons. The number of carbonyl (C=O) groups is 1. The quantitative estimate of drug-likeness (QED) is 0.726. The van der Waals surface area contributed by atoms with Crippen molar-refractivity contribution in [2.75, 3.05) is 26.3 Å². The van der Waals surface area contributed by atoms with Crippen molar-refractivity contribution in [2.24, 2.45) is 0 Å². The number of rotatable bonds is 9. The molecule has 1 aliphatic rings. The van der Waals surface area contributed by atoms with E-state index in [0.29, 0.717) is 37.5 Å². The monoisotopic (exact) mass is 372 g/mol. The van der Waals surface area contributed by atoms with Gasteiger partial charge in [0, 0.05) is 45.4 Å². The van der Waals surface area contributed by atoms with Crippen molar-refractivity contribution in [1.82, 2.24) is 20.4 Å². The van der Waals surface area contributed by atoms with Crippen molar-refractivity contribution in [3.05, 3.63) is 47.1 Å². The zero-order chi connectivity index (χ0) is 18.9. The first-order valence-corrected chi connectivity index (χ1v) is 9.69. The first-order valence-electron chi connectivity index (χ1n) is 9.69. The van der Waals surface area contributed by atoms with Crippen molar-refractivity contribution in [2.45, 2.75) is 45.7 Å². The molecule has 1 amide bonds. The first kappa shape index (κ1) is 19.5. The maximum atomic E-state index is 12.1. The van der Waals surface area contributed by atoms with Gasteiger partial charge in [-0.15, -0.1) is 0 Å². The Bertz CT molecular complexity index is 726. The molecule has 1 aromatic heterocycles. The fourth-order valence-corrected chi connectivity index (χ4v) is 3.08. The Hall–Kier alpha value is -2.25. The van der Waals surface area contributed by atoms with Crippen LogP contribution in [0.25, 0.3) is 0 Å². The molecular weight excluding hydrogens is 344 g/mol. The maximum absolute atomic E-state index is 12.1. The number of ether oxygens (including phenoxy) is 1. The van der Waals surface area contributed by atoms with Gasteiger partial charge in [-0.05, 0) is 17.5 Å². The van der Waals surface area contributed by atoms with Crippen molar-refractivity contribution >= 4 is 5.91 Å². The molecule has 146 valence electrons. The van der Waals surface area contributed by atoms with Crippen LogP contribution in [0, 0.1) is 0 Å². The molecule has 0 aliphatic carbocycles. The van der Waals surface area contributed by atoms with E-state index >= 15 is 0 Å². The van der Waals surface area contributed by atoms with Crippen molar-refractivity contribution in [1.29, 1.82) is 0 Å². The van der Waals surface area contributed by atoms with Gasteiger partial charge in [0.25, 0.3) is 0 Å². The van der Waals surface area contributed by atoms with E-state index in [9.17, 15) is 4.79 Å². The Morgan fingerprint density at radius 1 is 1.26 bits per heavy atom. The van der Waals surface area contributed by atoms with Gasteiger partial charge < -0.3 is 14.6 Å². The number of amides is 1. The number of hydrogen-bond donors (Lipinski definition) is 1. The number of benzene rings is 1. The van der Waals surface area contributed by atoms with E-state index in [4.69, 9.17) is 9.26 Å². The van der Waals surface area contributed by atoms with E-state index in [0.717, 1.165) is 44.8 Å². The molecule has 1 N–H and O–H groups in total. The molecule has 0 bridgehead atoms. The van der Waals surface area contributed by atoms with E-state index in [1.54, 1.807) is 0 Å². The number of aromatic nitrogens is 2. The zero-order valence-electron chi connectivity index (χ0n) is 15.9. The van der Waals surface area contributed by atoms with Crippen molar-refractivity contribution in [3.63, 3.8) is 0 Å². The summed E-state index contributed by atoms with van der Waals surface area (Å²) >= 11 is 0. The van der Waals surface area contributed by atoms with Gasteiger partial charge in [-0.25, -0.2) is 0 Å². The normalized spacial score (nSPS) is 15.0.